The van der Waals surface area contributed by atoms with Gasteiger partial charge < -0.3 is 20.1 Å². The molecule has 0 amide bonds. The number of nitrogens with zero attached hydrogens (tertiary/aromatic N) is 2. The van der Waals surface area contributed by atoms with E-state index >= 15 is 0 Å². The highest BCUT2D eigenvalue weighted by Gasteiger charge is 2.36. The topological polar surface area (TPSA) is 104 Å². The molecule has 1 aromatic carbocycles. The van der Waals surface area contributed by atoms with Crippen molar-refractivity contribution in [2.45, 2.75) is 19.8 Å². The van der Waals surface area contributed by atoms with Gasteiger partial charge >= 0.3 is 11.9 Å². The van der Waals surface area contributed by atoms with Gasteiger partial charge in [0.2, 0.25) is 0 Å². The fourth-order valence-corrected chi connectivity index (χ4v) is 3.27. The van der Waals surface area contributed by atoms with Crippen LogP contribution in [0.25, 0.3) is 12.3 Å². The van der Waals surface area contributed by atoms with Crippen molar-refractivity contribution in [1.82, 2.24) is 14.9 Å². The highest BCUT2D eigenvalue weighted by molar-refractivity contribution is 5.98. The van der Waals surface area contributed by atoms with Crippen LogP contribution in [0.4, 0.5) is 0 Å². The minimum absolute atomic E-state index is 0.0359. The lowest BCUT2D eigenvalue weighted by atomic mass is 9.80. The third kappa shape index (κ3) is 3.67. The number of hydrogen-bond acceptors (Lipinski definition) is 4. The average Bonchev–Trinajstić information content (AvgIpc) is 3.12. The third-order valence-electron chi connectivity index (χ3n) is 4.43. The van der Waals surface area contributed by atoms with Gasteiger partial charge in [0.05, 0.1) is 23.4 Å². The fraction of sp³-hybridized carbons (Fsp3) is 0.150. The van der Waals surface area contributed by atoms with E-state index in [-0.39, 0.29) is 11.1 Å². The predicted molar refractivity (Wildman–Crippen MR) is 100 cm³/mol. The van der Waals surface area contributed by atoms with Crippen LogP contribution in [-0.2, 0) is 9.59 Å². The van der Waals surface area contributed by atoms with Crippen molar-refractivity contribution in [3.8, 4) is 0 Å². The van der Waals surface area contributed by atoms with E-state index in [9.17, 15) is 19.8 Å². The summed E-state index contributed by atoms with van der Waals surface area (Å²) >= 11 is 0. The SMILES string of the molecule is CC1=C(C(=O)O)C(c2cccc(/C=C/n3ccnc3)c2)C(C(=O)O)=C(C)N1. The number of aliphatic carboxylic acids is 2. The monoisotopic (exact) mass is 365 g/mol. The molecule has 0 aliphatic carbocycles. The number of carboxylic acid groups (broad SMARTS) is 2. The van der Waals surface area contributed by atoms with Gasteiger partial charge in [-0.3, -0.25) is 0 Å². The van der Waals surface area contributed by atoms with Crippen molar-refractivity contribution < 1.29 is 19.8 Å². The van der Waals surface area contributed by atoms with Crippen molar-refractivity contribution in [1.29, 1.82) is 0 Å². The first-order valence-corrected chi connectivity index (χ1v) is 8.29. The number of dihydropyridines is 1. The first-order chi connectivity index (χ1) is 12.9. The van der Waals surface area contributed by atoms with E-state index in [0.717, 1.165) is 5.56 Å². The largest absolute Gasteiger partial charge is 0.478 e. The second-order valence-electron chi connectivity index (χ2n) is 6.24. The van der Waals surface area contributed by atoms with E-state index in [1.807, 2.05) is 18.3 Å². The smallest absolute Gasteiger partial charge is 0.334 e. The van der Waals surface area contributed by atoms with Gasteiger partial charge in [-0.2, -0.15) is 0 Å². The number of allylic oxidation sites excluding steroid dienone is 2. The minimum atomic E-state index is -1.14. The number of hydrogen-bond donors (Lipinski definition) is 3. The molecule has 0 saturated heterocycles. The van der Waals surface area contributed by atoms with E-state index in [0.29, 0.717) is 17.0 Å². The molecule has 0 atom stereocenters. The Morgan fingerprint density at radius 2 is 1.81 bits per heavy atom. The molecule has 0 spiro atoms. The molecule has 1 aromatic heterocycles. The zero-order valence-corrected chi connectivity index (χ0v) is 14.9. The first-order valence-electron chi connectivity index (χ1n) is 8.29. The van der Waals surface area contributed by atoms with E-state index in [4.69, 9.17) is 0 Å². The molecule has 3 rings (SSSR count). The van der Waals surface area contributed by atoms with Crippen molar-refractivity contribution in [3.05, 3.63) is 76.7 Å². The molecule has 2 heterocycles. The molecule has 0 fully saturated rings. The summed E-state index contributed by atoms with van der Waals surface area (Å²) in [6, 6.07) is 7.20. The van der Waals surface area contributed by atoms with Crippen LogP contribution in [0.1, 0.15) is 30.9 Å². The Morgan fingerprint density at radius 1 is 1.15 bits per heavy atom. The summed E-state index contributed by atoms with van der Waals surface area (Å²) in [7, 11) is 0. The van der Waals surface area contributed by atoms with Gasteiger partial charge in [-0.1, -0.05) is 24.3 Å². The Labute approximate surface area is 156 Å². The Kier molecular flexibility index (Phi) is 4.94. The molecule has 27 heavy (non-hydrogen) atoms. The first kappa shape index (κ1) is 18.2. The summed E-state index contributed by atoms with van der Waals surface area (Å²) in [5, 5.41) is 22.2. The molecule has 7 heteroatoms. The number of nitrogens with one attached hydrogen (secondary N) is 1. The van der Waals surface area contributed by atoms with Crippen LogP contribution >= 0.6 is 0 Å². The van der Waals surface area contributed by atoms with Gasteiger partial charge in [-0.25, -0.2) is 14.6 Å². The van der Waals surface area contributed by atoms with Gasteiger partial charge in [0.25, 0.3) is 0 Å². The molecule has 138 valence electrons. The van der Waals surface area contributed by atoms with Gasteiger partial charge in [-0.05, 0) is 31.1 Å². The number of aromatic nitrogens is 2. The van der Waals surface area contributed by atoms with Gasteiger partial charge in [0.15, 0.2) is 0 Å². The molecule has 7 nitrogen and oxygen atoms in total. The lowest BCUT2D eigenvalue weighted by Crippen LogP contribution is -2.31. The minimum Gasteiger partial charge on any atom is -0.478 e. The summed E-state index contributed by atoms with van der Waals surface area (Å²) in [5.41, 5.74) is 2.38. The van der Waals surface area contributed by atoms with Crippen LogP contribution in [0.5, 0.6) is 0 Å². The summed E-state index contributed by atoms with van der Waals surface area (Å²) in [5.74, 6) is -3.14. The lowest BCUT2D eigenvalue weighted by Gasteiger charge is -2.28. The third-order valence-corrected chi connectivity index (χ3v) is 4.43. The standard InChI is InChI=1S/C20H19N3O4/c1-12-16(19(24)25)18(17(20(26)27)13(2)22-12)15-5-3-4-14(10-15)6-8-23-9-7-21-11-23/h3-11,18,22H,1-2H3,(H,24,25)(H,26,27)/b8-6+. The van der Waals surface area contributed by atoms with Crippen molar-refractivity contribution >= 4 is 24.2 Å². The second-order valence-corrected chi connectivity index (χ2v) is 6.24. The summed E-state index contributed by atoms with van der Waals surface area (Å²) < 4.78 is 1.77. The predicted octanol–water partition coefficient (Wildman–Crippen LogP) is 2.92. The van der Waals surface area contributed by atoms with Crippen molar-refractivity contribution in [2.75, 3.05) is 0 Å². The Bertz CT molecular complexity index is 948. The second kappa shape index (κ2) is 7.33. The molecule has 3 N–H and O–H groups in total. The van der Waals surface area contributed by atoms with Gasteiger partial charge in [0.1, 0.15) is 0 Å². The molecule has 1 aliphatic heterocycles. The number of carboxylic acids is 2. The van der Waals surface area contributed by atoms with E-state index in [1.165, 1.54) is 0 Å². The maximum absolute atomic E-state index is 11.9. The summed E-state index contributed by atoms with van der Waals surface area (Å²) in [6.45, 7) is 3.28. The normalized spacial score (nSPS) is 15.3. The van der Waals surface area contributed by atoms with Gasteiger partial charge in [0, 0.05) is 30.0 Å². The molecule has 1 aliphatic rings. The molecule has 0 radical (unpaired) electrons. The summed E-state index contributed by atoms with van der Waals surface area (Å²) in [4.78, 5) is 27.7. The molecule has 0 unspecified atom stereocenters. The van der Waals surface area contributed by atoms with Gasteiger partial charge in [-0.15, -0.1) is 0 Å². The van der Waals surface area contributed by atoms with Crippen LogP contribution in [0.2, 0.25) is 0 Å². The molecular weight excluding hydrogens is 346 g/mol. The fourth-order valence-electron chi connectivity index (χ4n) is 3.27. The van der Waals surface area contributed by atoms with Crippen LogP contribution < -0.4 is 5.32 Å². The van der Waals surface area contributed by atoms with E-state index in [2.05, 4.69) is 10.3 Å². The van der Waals surface area contributed by atoms with E-state index < -0.39 is 17.9 Å². The maximum atomic E-state index is 11.9. The van der Waals surface area contributed by atoms with Crippen LogP contribution in [0, 0.1) is 0 Å². The molecule has 0 bridgehead atoms. The Balaban J connectivity index is 2.08. The number of rotatable bonds is 5. The molecule has 2 aromatic rings. The lowest BCUT2D eigenvalue weighted by molar-refractivity contribution is -0.133. The zero-order valence-electron chi connectivity index (χ0n) is 14.9. The van der Waals surface area contributed by atoms with E-state index in [1.54, 1.807) is 55.3 Å². The number of carbonyl (C=O) groups is 2. The van der Waals surface area contributed by atoms with Crippen LogP contribution in [-0.4, -0.2) is 31.7 Å². The highest BCUT2D eigenvalue weighted by Crippen LogP contribution is 2.38. The Morgan fingerprint density at radius 3 is 2.37 bits per heavy atom. The van der Waals surface area contributed by atoms with Crippen LogP contribution in [0.15, 0.2) is 65.5 Å². The number of imidazole rings is 1. The molecule has 0 saturated carbocycles. The molecular formula is C20H19N3O4. The van der Waals surface area contributed by atoms with Crippen molar-refractivity contribution in [2.24, 2.45) is 0 Å². The Hall–Kier alpha value is -3.61. The maximum Gasteiger partial charge on any atom is 0.334 e. The average molecular weight is 365 g/mol. The quantitative estimate of drug-likeness (QED) is 0.753. The highest BCUT2D eigenvalue weighted by atomic mass is 16.4. The van der Waals surface area contributed by atoms with Crippen molar-refractivity contribution in [3.63, 3.8) is 0 Å². The number of benzene rings is 1. The zero-order chi connectivity index (χ0) is 19.6. The summed E-state index contributed by atoms with van der Waals surface area (Å²) in [6.07, 6.45) is 8.76. The van der Waals surface area contributed by atoms with Crippen LogP contribution in [0.3, 0.4) is 0 Å².